The van der Waals surface area contributed by atoms with Crippen molar-refractivity contribution < 1.29 is 8.97 Å². The summed E-state index contributed by atoms with van der Waals surface area (Å²) in [4.78, 5) is 4.76. The van der Waals surface area contributed by atoms with Crippen molar-refractivity contribution in [3.63, 3.8) is 0 Å². The number of likely N-dealkylation sites (N-methyl/N-ethyl adjacent to an activating group) is 4. The Morgan fingerprint density at radius 3 is 1.45 bits per heavy atom. The Bertz CT molecular complexity index is 249. The molecule has 0 aliphatic carbocycles. The van der Waals surface area contributed by atoms with Crippen LogP contribution in [0.15, 0.2) is 0 Å². The van der Waals surface area contributed by atoms with Crippen molar-refractivity contribution in [3.05, 3.63) is 0 Å². The molecule has 0 spiro atoms. The second-order valence-corrected chi connectivity index (χ2v) is 7.87. The molecule has 0 rings (SSSR count). The molecule has 4 nitrogen and oxygen atoms in total. The van der Waals surface area contributed by atoms with Gasteiger partial charge in [0.25, 0.3) is 0 Å². The van der Waals surface area contributed by atoms with Crippen LogP contribution < -0.4 is 0 Å². The summed E-state index contributed by atoms with van der Waals surface area (Å²) >= 11 is 0. The van der Waals surface area contributed by atoms with Crippen molar-refractivity contribution in [3.8, 4) is 0 Å². The second-order valence-electron chi connectivity index (χ2n) is 7.87. The maximum absolute atomic E-state index is 2.49. The third-order valence-electron chi connectivity index (χ3n) is 4.16. The summed E-state index contributed by atoms with van der Waals surface area (Å²) in [6, 6.07) is 0. The lowest BCUT2D eigenvalue weighted by Gasteiger charge is -2.34. The van der Waals surface area contributed by atoms with E-state index in [1.165, 1.54) is 45.7 Å². The van der Waals surface area contributed by atoms with Crippen LogP contribution in [0, 0.1) is 0 Å². The van der Waals surface area contributed by atoms with Crippen LogP contribution in [0.1, 0.15) is 13.3 Å². The molecule has 0 aliphatic rings. The van der Waals surface area contributed by atoms with E-state index >= 15 is 0 Å². The van der Waals surface area contributed by atoms with Gasteiger partial charge in [0.15, 0.2) is 0 Å². The van der Waals surface area contributed by atoms with Crippen molar-refractivity contribution in [2.24, 2.45) is 0 Å². The Kier molecular flexibility index (Phi) is 8.91. The molecule has 0 saturated heterocycles. The van der Waals surface area contributed by atoms with E-state index in [4.69, 9.17) is 0 Å². The van der Waals surface area contributed by atoms with Gasteiger partial charge in [0.05, 0.1) is 54.4 Å². The number of hydrogen-bond acceptors (Lipinski definition) is 2. The highest BCUT2D eigenvalue weighted by atomic mass is 15.3. The van der Waals surface area contributed by atoms with Gasteiger partial charge < -0.3 is 13.9 Å². The fourth-order valence-electron chi connectivity index (χ4n) is 2.29. The van der Waals surface area contributed by atoms with Crippen LogP contribution in [0.5, 0.6) is 0 Å². The quantitative estimate of drug-likeness (QED) is 0.524. The second kappa shape index (κ2) is 8.98. The predicted molar refractivity (Wildman–Crippen MR) is 90.0 cm³/mol. The molecule has 0 amide bonds. The van der Waals surface area contributed by atoms with E-state index in [1.807, 2.05) is 0 Å². The SMILES string of the molecule is CCC[N+](C)(C)CCN(C)CC[N+](C)(C)CCN(C)C. The molecule has 0 radical (unpaired) electrons. The minimum atomic E-state index is 1.11. The zero-order valence-corrected chi connectivity index (χ0v) is 15.4. The van der Waals surface area contributed by atoms with Crippen molar-refractivity contribution in [2.75, 3.05) is 95.1 Å². The largest absolute Gasteiger partial charge is 0.327 e. The molecule has 0 unspecified atom stereocenters. The Balaban J connectivity index is 3.94. The molecule has 20 heavy (non-hydrogen) atoms. The molecule has 0 saturated carbocycles. The lowest BCUT2D eigenvalue weighted by molar-refractivity contribution is -0.892. The van der Waals surface area contributed by atoms with Crippen LogP contribution in [0.2, 0.25) is 0 Å². The lowest BCUT2D eigenvalue weighted by atomic mass is 10.3. The fraction of sp³-hybridized carbons (Fsp3) is 1.00. The topological polar surface area (TPSA) is 6.48 Å². The Labute approximate surface area is 128 Å². The molecule has 0 aromatic rings. The maximum Gasteiger partial charge on any atom is 0.0912 e. The average molecular weight is 289 g/mol. The normalized spacial score (nSPS) is 13.5. The van der Waals surface area contributed by atoms with Crippen LogP contribution in [-0.2, 0) is 0 Å². The molecule has 0 aromatic carbocycles. The van der Waals surface area contributed by atoms with Gasteiger partial charge in [0.2, 0.25) is 0 Å². The van der Waals surface area contributed by atoms with E-state index in [-0.39, 0.29) is 0 Å². The van der Waals surface area contributed by atoms with Gasteiger partial charge in [-0.15, -0.1) is 0 Å². The van der Waals surface area contributed by atoms with Crippen LogP contribution in [0.3, 0.4) is 0 Å². The van der Waals surface area contributed by atoms with E-state index in [0.29, 0.717) is 0 Å². The number of nitrogens with zero attached hydrogens (tertiary/aromatic N) is 4. The standard InChI is InChI=1S/C16H40N4/c1-9-13-19(5,6)15-11-18(4)12-16-20(7,8)14-10-17(2)3/h9-16H2,1-8H3/q+2. The van der Waals surface area contributed by atoms with Crippen LogP contribution >= 0.6 is 0 Å². The van der Waals surface area contributed by atoms with Crippen molar-refractivity contribution >= 4 is 0 Å². The van der Waals surface area contributed by atoms with Crippen molar-refractivity contribution in [1.82, 2.24) is 9.80 Å². The van der Waals surface area contributed by atoms with Crippen LogP contribution in [-0.4, -0.2) is 114 Å². The first-order valence-corrected chi connectivity index (χ1v) is 8.05. The number of rotatable bonds is 11. The Morgan fingerprint density at radius 2 is 1.05 bits per heavy atom. The predicted octanol–water partition coefficient (Wildman–Crippen LogP) is 1.04. The zero-order chi connectivity index (χ0) is 15.8. The van der Waals surface area contributed by atoms with Gasteiger partial charge in [-0.3, -0.25) is 4.90 Å². The third-order valence-corrected chi connectivity index (χ3v) is 4.16. The Hall–Kier alpha value is -0.160. The minimum absolute atomic E-state index is 1.11. The van der Waals surface area contributed by atoms with Crippen molar-refractivity contribution in [1.29, 1.82) is 0 Å². The average Bonchev–Trinajstić information content (AvgIpc) is 2.32. The van der Waals surface area contributed by atoms with Gasteiger partial charge in [-0.2, -0.15) is 0 Å². The molecular weight excluding hydrogens is 248 g/mol. The van der Waals surface area contributed by atoms with Crippen LogP contribution in [0.4, 0.5) is 0 Å². The molecule has 0 atom stereocenters. The van der Waals surface area contributed by atoms with Crippen LogP contribution in [0.25, 0.3) is 0 Å². The van der Waals surface area contributed by atoms with Gasteiger partial charge in [-0.25, -0.2) is 0 Å². The maximum atomic E-state index is 2.49. The van der Waals surface area contributed by atoms with Gasteiger partial charge in [-0.05, 0) is 27.6 Å². The fourth-order valence-corrected chi connectivity index (χ4v) is 2.29. The summed E-state index contributed by atoms with van der Waals surface area (Å²) in [6.45, 7) is 10.8. The zero-order valence-electron chi connectivity index (χ0n) is 15.4. The first kappa shape index (κ1) is 19.8. The summed E-state index contributed by atoms with van der Waals surface area (Å²) in [7, 11) is 15.9. The highest BCUT2D eigenvalue weighted by Crippen LogP contribution is 2.01. The van der Waals surface area contributed by atoms with Gasteiger partial charge in [0.1, 0.15) is 0 Å². The summed E-state index contributed by atoms with van der Waals surface area (Å²) < 4.78 is 2.25. The van der Waals surface area contributed by atoms with E-state index in [0.717, 1.165) is 15.5 Å². The molecule has 122 valence electrons. The molecule has 0 aromatic heterocycles. The van der Waals surface area contributed by atoms with E-state index in [1.54, 1.807) is 0 Å². The highest BCUT2D eigenvalue weighted by molar-refractivity contribution is 4.52. The monoisotopic (exact) mass is 288 g/mol. The van der Waals surface area contributed by atoms with E-state index in [2.05, 4.69) is 66.1 Å². The molecule has 0 N–H and O–H groups in total. The molecule has 0 aliphatic heterocycles. The van der Waals surface area contributed by atoms with Gasteiger partial charge in [-0.1, -0.05) is 6.92 Å². The summed E-state index contributed by atoms with van der Waals surface area (Å²) in [5, 5.41) is 0. The molecule has 0 bridgehead atoms. The van der Waals surface area contributed by atoms with E-state index < -0.39 is 0 Å². The van der Waals surface area contributed by atoms with Gasteiger partial charge >= 0.3 is 0 Å². The number of hydrogen-bond donors (Lipinski definition) is 0. The molecule has 4 heteroatoms. The summed E-state index contributed by atoms with van der Waals surface area (Å²) in [6.07, 6.45) is 1.27. The molecular formula is C16H40N4+2. The summed E-state index contributed by atoms with van der Waals surface area (Å²) in [5.74, 6) is 0. The van der Waals surface area contributed by atoms with Gasteiger partial charge in [0, 0.05) is 19.6 Å². The van der Waals surface area contributed by atoms with Crippen molar-refractivity contribution in [2.45, 2.75) is 13.3 Å². The first-order chi connectivity index (χ1) is 9.08. The van der Waals surface area contributed by atoms with E-state index in [9.17, 15) is 0 Å². The highest BCUT2D eigenvalue weighted by Gasteiger charge is 2.18. The summed E-state index contributed by atoms with van der Waals surface area (Å²) in [5.41, 5.74) is 0. The first-order valence-electron chi connectivity index (χ1n) is 8.05. The third kappa shape index (κ3) is 10.6. The minimum Gasteiger partial charge on any atom is -0.327 e. The molecule has 0 heterocycles. The lowest BCUT2D eigenvalue weighted by Crippen LogP contribution is -2.50. The molecule has 0 fully saturated rings. The smallest absolute Gasteiger partial charge is 0.0912 e. The number of quaternary nitrogens is 2. The Morgan fingerprint density at radius 1 is 0.650 bits per heavy atom.